The molecule has 4 heterocycles. The molecule has 0 aliphatic heterocycles. The summed E-state index contributed by atoms with van der Waals surface area (Å²) in [6, 6.07) is 9.80. The smallest absolute Gasteiger partial charge is 0.330 e. The van der Waals surface area contributed by atoms with Crippen molar-refractivity contribution in [2.45, 2.75) is 13.1 Å². The number of H-pyrrole nitrogens is 2. The molecule has 154 valence electrons. The van der Waals surface area contributed by atoms with Crippen molar-refractivity contribution >= 4 is 11.2 Å². The SMILES string of the molecule is O=c1[nH]c2nc(-c3cnn(Cc4cccc(F)c4)c3)[nH]c2c(=O)n1Cc1cccnc1. The summed E-state index contributed by atoms with van der Waals surface area (Å²) in [6.07, 6.45) is 6.54. The van der Waals surface area contributed by atoms with Gasteiger partial charge in [-0.2, -0.15) is 5.10 Å². The molecule has 9 nitrogen and oxygen atoms in total. The quantitative estimate of drug-likeness (QED) is 0.453. The number of halogens is 1. The van der Waals surface area contributed by atoms with E-state index in [1.807, 2.05) is 0 Å². The van der Waals surface area contributed by atoms with E-state index in [1.54, 1.807) is 53.7 Å². The summed E-state index contributed by atoms with van der Waals surface area (Å²) in [7, 11) is 0. The van der Waals surface area contributed by atoms with Crippen molar-refractivity contribution in [3.05, 3.63) is 99.0 Å². The van der Waals surface area contributed by atoms with Crippen molar-refractivity contribution in [2.24, 2.45) is 0 Å². The average molecular weight is 417 g/mol. The molecular formula is C21H16FN7O2. The van der Waals surface area contributed by atoms with Gasteiger partial charge in [0.15, 0.2) is 5.65 Å². The maximum atomic E-state index is 13.4. The zero-order valence-corrected chi connectivity index (χ0v) is 16.1. The minimum absolute atomic E-state index is 0.0951. The van der Waals surface area contributed by atoms with Gasteiger partial charge in [-0.3, -0.25) is 24.0 Å². The van der Waals surface area contributed by atoms with Crippen LogP contribution in [0, 0.1) is 5.82 Å². The largest absolute Gasteiger partial charge is 0.332 e. The van der Waals surface area contributed by atoms with Gasteiger partial charge >= 0.3 is 5.69 Å². The summed E-state index contributed by atoms with van der Waals surface area (Å²) in [4.78, 5) is 39.3. The van der Waals surface area contributed by atoms with E-state index in [0.29, 0.717) is 17.9 Å². The van der Waals surface area contributed by atoms with Crippen molar-refractivity contribution in [3.8, 4) is 11.4 Å². The number of hydrogen-bond donors (Lipinski definition) is 2. The van der Waals surface area contributed by atoms with Gasteiger partial charge in [0.25, 0.3) is 5.56 Å². The second-order valence-corrected chi connectivity index (χ2v) is 7.05. The van der Waals surface area contributed by atoms with Gasteiger partial charge in [-0.1, -0.05) is 18.2 Å². The van der Waals surface area contributed by atoms with E-state index in [-0.39, 0.29) is 23.5 Å². The first-order valence-electron chi connectivity index (χ1n) is 9.46. The highest BCUT2D eigenvalue weighted by molar-refractivity contribution is 5.74. The topological polar surface area (TPSA) is 114 Å². The van der Waals surface area contributed by atoms with Crippen molar-refractivity contribution in [1.29, 1.82) is 0 Å². The van der Waals surface area contributed by atoms with Crippen LogP contribution in [0.25, 0.3) is 22.6 Å². The van der Waals surface area contributed by atoms with Crippen LogP contribution in [0.2, 0.25) is 0 Å². The standard InChI is InChI=1S/C21H16FN7O2/c22-16-5-1-3-13(7-16)10-28-12-15(9-24-28)18-25-17-19(26-18)27-21(31)29(20(17)30)11-14-4-2-6-23-8-14/h1-9,12H,10-11H2,(H,25,26)(H,27,31). The molecule has 0 radical (unpaired) electrons. The van der Waals surface area contributed by atoms with Gasteiger partial charge in [0.05, 0.1) is 24.8 Å². The van der Waals surface area contributed by atoms with Gasteiger partial charge in [-0.25, -0.2) is 14.2 Å². The molecule has 31 heavy (non-hydrogen) atoms. The Morgan fingerprint density at radius 2 is 1.87 bits per heavy atom. The van der Waals surface area contributed by atoms with Crippen LogP contribution in [-0.4, -0.2) is 34.3 Å². The molecule has 0 aliphatic carbocycles. The fourth-order valence-electron chi connectivity index (χ4n) is 3.36. The van der Waals surface area contributed by atoms with Gasteiger partial charge in [0, 0.05) is 18.6 Å². The third kappa shape index (κ3) is 3.66. The maximum absolute atomic E-state index is 13.4. The van der Waals surface area contributed by atoms with E-state index in [1.165, 1.54) is 12.1 Å². The summed E-state index contributed by atoms with van der Waals surface area (Å²) in [5.74, 6) is 0.0843. The molecule has 0 atom stereocenters. The van der Waals surface area contributed by atoms with Crippen molar-refractivity contribution in [3.63, 3.8) is 0 Å². The molecule has 0 spiro atoms. The molecule has 1 aromatic carbocycles. The van der Waals surface area contributed by atoms with Crippen LogP contribution >= 0.6 is 0 Å². The molecule has 0 saturated heterocycles. The zero-order valence-electron chi connectivity index (χ0n) is 16.1. The molecule has 4 aromatic heterocycles. The summed E-state index contributed by atoms with van der Waals surface area (Å²) < 4.78 is 16.1. The Labute approximate surface area is 173 Å². The molecule has 10 heteroatoms. The number of aromatic nitrogens is 7. The van der Waals surface area contributed by atoms with Crippen molar-refractivity contribution in [1.82, 2.24) is 34.3 Å². The number of rotatable bonds is 5. The van der Waals surface area contributed by atoms with Gasteiger partial charge in [-0.15, -0.1) is 0 Å². The van der Waals surface area contributed by atoms with Gasteiger partial charge < -0.3 is 4.98 Å². The van der Waals surface area contributed by atoms with Crippen LogP contribution in [0.4, 0.5) is 4.39 Å². The molecular weight excluding hydrogens is 401 g/mol. The minimum Gasteiger partial charge on any atom is -0.332 e. The minimum atomic E-state index is -0.554. The Hall–Kier alpha value is -4.34. The van der Waals surface area contributed by atoms with E-state index in [2.05, 4.69) is 25.0 Å². The number of fused-ring (bicyclic) bond motifs is 1. The molecule has 5 aromatic rings. The Kier molecular flexibility index (Phi) is 4.51. The third-order valence-corrected chi connectivity index (χ3v) is 4.84. The lowest BCUT2D eigenvalue weighted by Crippen LogP contribution is -2.35. The normalized spacial score (nSPS) is 11.3. The highest BCUT2D eigenvalue weighted by Gasteiger charge is 2.15. The lowest BCUT2D eigenvalue weighted by Gasteiger charge is -2.03. The number of benzene rings is 1. The Morgan fingerprint density at radius 1 is 1.00 bits per heavy atom. The number of aromatic amines is 2. The average Bonchev–Trinajstić information content (AvgIpc) is 3.39. The summed E-state index contributed by atoms with van der Waals surface area (Å²) in [5, 5.41) is 4.27. The molecule has 0 unspecified atom stereocenters. The van der Waals surface area contributed by atoms with Gasteiger partial charge in [0.1, 0.15) is 17.2 Å². The second-order valence-electron chi connectivity index (χ2n) is 7.05. The Balaban J connectivity index is 1.48. The summed E-state index contributed by atoms with van der Waals surface area (Å²) in [6.45, 7) is 0.477. The first kappa shape index (κ1) is 18.7. The van der Waals surface area contributed by atoms with E-state index < -0.39 is 11.2 Å². The second kappa shape index (κ2) is 7.48. The number of hydrogen-bond acceptors (Lipinski definition) is 5. The fraction of sp³-hybridized carbons (Fsp3) is 0.0952. The molecule has 2 N–H and O–H groups in total. The molecule has 0 aliphatic rings. The lowest BCUT2D eigenvalue weighted by molar-refractivity contribution is 0.619. The zero-order chi connectivity index (χ0) is 21.4. The van der Waals surface area contributed by atoms with Crippen molar-refractivity contribution < 1.29 is 4.39 Å². The van der Waals surface area contributed by atoms with E-state index in [0.717, 1.165) is 15.7 Å². The van der Waals surface area contributed by atoms with Crippen LogP contribution in [0.15, 0.2) is 70.8 Å². The van der Waals surface area contributed by atoms with Crippen LogP contribution in [0.1, 0.15) is 11.1 Å². The van der Waals surface area contributed by atoms with E-state index in [4.69, 9.17) is 0 Å². The number of nitrogens with one attached hydrogen (secondary N) is 2. The maximum Gasteiger partial charge on any atom is 0.330 e. The summed E-state index contributed by atoms with van der Waals surface area (Å²) in [5.41, 5.74) is 1.46. The summed E-state index contributed by atoms with van der Waals surface area (Å²) >= 11 is 0. The first-order valence-corrected chi connectivity index (χ1v) is 9.46. The van der Waals surface area contributed by atoms with Crippen LogP contribution in [0.3, 0.4) is 0 Å². The molecule has 0 fully saturated rings. The van der Waals surface area contributed by atoms with Gasteiger partial charge in [0.2, 0.25) is 0 Å². The van der Waals surface area contributed by atoms with Crippen LogP contribution < -0.4 is 11.2 Å². The monoisotopic (exact) mass is 417 g/mol. The molecule has 0 saturated carbocycles. The molecule has 0 bridgehead atoms. The lowest BCUT2D eigenvalue weighted by atomic mass is 10.2. The highest BCUT2D eigenvalue weighted by Crippen LogP contribution is 2.17. The van der Waals surface area contributed by atoms with Crippen LogP contribution in [-0.2, 0) is 13.1 Å². The number of nitrogens with zero attached hydrogens (tertiary/aromatic N) is 5. The van der Waals surface area contributed by atoms with Crippen LogP contribution in [0.5, 0.6) is 0 Å². The highest BCUT2D eigenvalue weighted by atomic mass is 19.1. The van der Waals surface area contributed by atoms with E-state index in [9.17, 15) is 14.0 Å². The fourth-order valence-corrected chi connectivity index (χ4v) is 3.36. The predicted molar refractivity (Wildman–Crippen MR) is 111 cm³/mol. The Bertz CT molecular complexity index is 1500. The van der Waals surface area contributed by atoms with E-state index >= 15 is 0 Å². The molecule has 0 amide bonds. The third-order valence-electron chi connectivity index (χ3n) is 4.84. The predicted octanol–water partition coefficient (Wildman–Crippen LogP) is 1.91. The molecule has 5 rings (SSSR count). The van der Waals surface area contributed by atoms with Crippen molar-refractivity contribution in [2.75, 3.05) is 0 Å². The van der Waals surface area contributed by atoms with Gasteiger partial charge in [-0.05, 0) is 29.3 Å². The number of pyridine rings is 1. The number of imidazole rings is 1. The first-order chi connectivity index (χ1) is 15.1. The Morgan fingerprint density at radius 3 is 2.68 bits per heavy atom.